The van der Waals surface area contributed by atoms with Crippen LogP contribution in [0.5, 0.6) is 5.75 Å². The second-order valence-corrected chi connectivity index (χ2v) is 7.96. The van der Waals surface area contributed by atoms with Crippen molar-refractivity contribution in [2.75, 3.05) is 25.2 Å². The molecule has 0 aromatic carbocycles. The van der Waals surface area contributed by atoms with Crippen molar-refractivity contribution in [3.63, 3.8) is 0 Å². The fourth-order valence-corrected chi connectivity index (χ4v) is 4.46. The van der Waals surface area contributed by atoms with Crippen molar-refractivity contribution in [3.05, 3.63) is 42.0 Å². The Morgan fingerprint density at radius 3 is 2.91 bits per heavy atom. The molecule has 2 aromatic heterocycles. The summed E-state index contributed by atoms with van der Waals surface area (Å²) in [6.07, 6.45) is 7.06. The average Bonchev–Trinajstić information content (AvgIpc) is 2.96. The molecule has 0 radical (unpaired) electrons. The van der Waals surface area contributed by atoms with E-state index in [0.717, 1.165) is 16.9 Å². The summed E-state index contributed by atoms with van der Waals surface area (Å²) in [6, 6.07) is 1.61. The van der Waals surface area contributed by atoms with Gasteiger partial charge in [-0.1, -0.05) is 0 Å². The van der Waals surface area contributed by atoms with Gasteiger partial charge >= 0.3 is 0 Å². The minimum Gasteiger partial charge on any atom is -0.496 e. The smallest absolute Gasteiger partial charge is 0.153 e. The van der Waals surface area contributed by atoms with Gasteiger partial charge in [-0.15, -0.1) is 0 Å². The van der Waals surface area contributed by atoms with Crippen molar-refractivity contribution in [1.29, 1.82) is 0 Å². The van der Waals surface area contributed by atoms with Crippen LogP contribution in [0.25, 0.3) is 0 Å². The quantitative estimate of drug-likeness (QED) is 0.822. The molecule has 1 unspecified atom stereocenters. The number of rotatable bonds is 4. The van der Waals surface area contributed by atoms with Crippen LogP contribution in [-0.2, 0) is 23.4 Å². The zero-order valence-electron chi connectivity index (χ0n) is 13.2. The molecule has 1 saturated heterocycles. The summed E-state index contributed by atoms with van der Waals surface area (Å²) >= 11 is 0. The molecular formula is C15H20N4O3S. The van der Waals surface area contributed by atoms with Crippen molar-refractivity contribution < 1.29 is 13.2 Å². The van der Waals surface area contributed by atoms with E-state index in [4.69, 9.17) is 4.74 Å². The number of aryl methyl sites for hydroxylation is 1. The van der Waals surface area contributed by atoms with Gasteiger partial charge in [0.25, 0.3) is 0 Å². The molecule has 2 aromatic rings. The lowest BCUT2D eigenvalue weighted by Gasteiger charge is -2.35. The summed E-state index contributed by atoms with van der Waals surface area (Å²) < 4.78 is 31.2. The fraction of sp³-hybridized carbons (Fsp3) is 0.467. The van der Waals surface area contributed by atoms with Crippen LogP contribution in [0.2, 0.25) is 0 Å². The molecule has 124 valence electrons. The Bertz CT molecular complexity index is 788. The Morgan fingerprint density at radius 1 is 1.39 bits per heavy atom. The number of nitrogens with zero attached hydrogens (tertiary/aromatic N) is 4. The van der Waals surface area contributed by atoms with Gasteiger partial charge in [0.2, 0.25) is 0 Å². The van der Waals surface area contributed by atoms with E-state index < -0.39 is 9.84 Å². The number of ether oxygens (including phenoxy) is 1. The SMILES string of the molecule is COc1ccncc1CN1CCS(=O)(=O)CC1c1cnn(C)c1. The highest BCUT2D eigenvalue weighted by Crippen LogP contribution is 2.29. The second-order valence-electron chi connectivity index (χ2n) is 5.74. The van der Waals surface area contributed by atoms with Gasteiger partial charge in [0.1, 0.15) is 5.75 Å². The molecule has 3 heterocycles. The molecule has 1 aliphatic rings. The van der Waals surface area contributed by atoms with Gasteiger partial charge in [-0.2, -0.15) is 5.10 Å². The summed E-state index contributed by atoms with van der Waals surface area (Å²) in [6.45, 7) is 1.08. The first kappa shape index (κ1) is 15.9. The molecule has 0 bridgehead atoms. The first-order valence-electron chi connectivity index (χ1n) is 7.38. The Hall–Kier alpha value is -1.93. The minimum atomic E-state index is -3.04. The lowest BCUT2D eigenvalue weighted by molar-refractivity contribution is 0.203. The number of methoxy groups -OCH3 is 1. The van der Waals surface area contributed by atoms with Gasteiger partial charge in [-0.05, 0) is 6.07 Å². The maximum atomic E-state index is 12.1. The van der Waals surface area contributed by atoms with Crippen LogP contribution >= 0.6 is 0 Å². The van der Waals surface area contributed by atoms with Crippen molar-refractivity contribution in [2.45, 2.75) is 12.6 Å². The van der Waals surface area contributed by atoms with E-state index in [1.54, 1.807) is 30.4 Å². The molecule has 8 heteroatoms. The summed E-state index contributed by atoms with van der Waals surface area (Å²) in [5, 5.41) is 4.17. The summed E-state index contributed by atoms with van der Waals surface area (Å²) in [5.41, 5.74) is 1.86. The number of aromatic nitrogens is 3. The fourth-order valence-electron chi connectivity index (χ4n) is 2.90. The Morgan fingerprint density at radius 2 is 2.22 bits per heavy atom. The highest BCUT2D eigenvalue weighted by atomic mass is 32.2. The van der Waals surface area contributed by atoms with Gasteiger partial charge in [-0.3, -0.25) is 14.6 Å². The van der Waals surface area contributed by atoms with E-state index >= 15 is 0 Å². The maximum absolute atomic E-state index is 12.1. The van der Waals surface area contributed by atoms with Crippen molar-refractivity contribution in [3.8, 4) is 5.75 Å². The highest BCUT2D eigenvalue weighted by Gasteiger charge is 2.33. The van der Waals surface area contributed by atoms with E-state index in [9.17, 15) is 8.42 Å². The van der Waals surface area contributed by atoms with Crippen LogP contribution in [0.4, 0.5) is 0 Å². The monoisotopic (exact) mass is 336 g/mol. The zero-order valence-corrected chi connectivity index (χ0v) is 14.0. The largest absolute Gasteiger partial charge is 0.496 e. The highest BCUT2D eigenvalue weighted by molar-refractivity contribution is 7.91. The van der Waals surface area contributed by atoms with Crippen LogP contribution in [0, 0.1) is 0 Å². The van der Waals surface area contributed by atoms with E-state index in [2.05, 4.69) is 15.0 Å². The van der Waals surface area contributed by atoms with Gasteiger partial charge in [0.05, 0.1) is 30.9 Å². The molecular weight excluding hydrogens is 316 g/mol. The van der Waals surface area contributed by atoms with Gasteiger partial charge < -0.3 is 4.74 Å². The lowest BCUT2D eigenvalue weighted by Crippen LogP contribution is -2.42. The molecule has 0 amide bonds. The predicted octanol–water partition coefficient (Wildman–Crippen LogP) is 0.795. The molecule has 0 saturated carbocycles. The van der Waals surface area contributed by atoms with Gasteiger partial charge in [-0.25, -0.2) is 8.42 Å². The molecule has 1 aliphatic heterocycles. The summed E-state index contributed by atoms with van der Waals surface area (Å²) in [7, 11) is 0.415. The van der Waals surface area contributed by atoms with Crippen molar-refractivity contribution in [2.24, 2.45) is 7.05 Å². The predicted molar refractivity (Wildman–Crippen MR) is 85.8 cm³/mol. The molecule has 0 N–H and O–H groups in total. The molecule has 3 rings (SSSR count). The lowest BCUT2D eigenvalue weighted by atomic mass is 10.1. The average molecular weight is 336 g/mol. The Balaban J connectivity index is 1.89. The maximum Gasteiger partial charge on any atom is 0.153 e. The number of hydrogen-bond donors (Lipinski definition) is 0. The minimum absolute atomic E-state index is 0.112. The van der Waals surface area contributed by atoms with Crippen molar-refractivity contribution >= 4 is 9.84 Å². The van der Waals surface area contributed by atoms with E-state index in [0.29, 0.717) is 13.1 Å². The normalized spacial score (nSPS) is 21.2. The molecule has 7 nitrogen and oxygen atoms in total. The third kappa shape index (κ3) is 3.53. The summed E-state index contributed by atoms with van der Waals surface area (Å²) in [5.74, 6) is 1.05. The number of pyridine rings is 1. The standard InChI is InChI=1S/C15H20N4O3S/c1-18-9-12(8-17-18)14-11-23(20,21)6-5-19(14)10-13-7-16-4-3-15(13)22-2/h3-4,7-9,14H,5-6,10-11H2,1-2H3. The Kier molecular flexibility index (Phi) is 4.36. The topological polar surface area (TPSA) is 77.3 Å². The zero-order chi connectivity index (χ0) is 16.4. The molecule has 1 fully saturated rings. The third-order valence-electron chi connectivity index (χ3n) is 4.10. The second kappa shape index (κ2) is 6.29. The molecule has 0 aliphatic carbocycles. The van der Waals surface area contributed by atoms with Crippen LogP contribution in [0.3, 0.4) is 0 Å². The van der Waals surface area contributed by atoms with Gasteiger partial charge in [0.15, 0.2) is 9.84 Å². The Labute approximate surface area is 135 Å². The molecule has 1 atom stereocenters. The molecule has 23 heavy (non-hydrogen) atoms. The van der Waals surface area contributed by atoms with Crippen LogP contribution in [-0.4, -0.2) is 53.2 Å². The van der Waals surface area contributed by atoms with Crippen LogP contribution < -0.4 is 4.74 Å². The van der Waals surface area contributed by atoms with E-state index in [1.165, 1.54) is 0 Å². The number of hydrogen-bond acceptors (Lipinski definition) is 6. The van der Waals surface area contributed by atoms with Crippen LogP contribution in [0.1, 0.15) is 17.2 Å². The first-order valence-corrected chi connectivity index (χ1v) is 9.20. The number of sulfone groups is 1. The summed E-state index contributed by atoms with van der Waals surface area (Å²) in [4.78, 5) is 6.30. The van der Waals surface area contributed by atoms with Gasteiger partial charge in [0, 0.05) is 49.9 Å². The van der Waals surface area contributed by atoms with Crippen LogP contribution in [0.15, 0.2) is 30.9 Å². The first-order chi connectivity index (χ1) is 11.0. The molecule has 0 spiro atoms. The van der Waals surface area contributed by atoms with E-state index in [1.807, 2.05) is 19.3 Å². The third-order valence-corrected chi connectivity index (χ3v) is 5.73. The van der Waals surface area contributed by atoms with Crippen molar-refractivity contribution in [1.82, 2.24) is 19.7 Å². The van der Waals surface area contributed by atoms with E-state index in [-0.39, 0.29) is 17.5 Å².